The fourth-order valence-corrected chi connectivity index (χ4v) is 11.9. The lowest BCUT2D eigenvalue weighted by atomic mass is 10.1. The van der Waals surface area contributed by atoms with E-state index in [-0.39, 0.29) is 25.7 Å². The highest BCUT2D eigenvalue weighted by molar-refractivity contribution is 7.47. The van der Waals surface area contributed by atoms with Crippen molar-refractivity contribution >= 4 is 39.5 Å². The summed E-state index contributed by atoms with van der Waals surface area (Å²) in [5.41, 5.74) is 0. The molecular formula is C91H146O17P2. The molecule has 19 heteroatoms. The monoisotopic (exact) mass is 1570 g/mol. The number of unbranched alkanes of at least 4 members (excludes halogenated alkanes) is 18. The Kier molecular flexibility index (Phi) is 76.4. The molecule has 17 nitrogen and oxygen atoms in total. The fraction of sp³-hybridized carbons (Fsp3) is 0.604. The second-order valence-electron chi connectivity index (χ2n) is 26.9. The van der Waals surface area contributed by atoms with Crippen LogP contribution < -0.4 is 0 Å². The Labute approximate surface area is 666 Å². The summed E-state index contributed by atoms with van der Waals surface area (Å²) >= 11 is 0. The van der Waals surface area contributed by atoms with Crippen LogP contribution in [0.5, 0.6) is 0 Å². The molecule has 5 atom stereocenters. The van der Waals surface area contributed by atoms with E-state index in [0.29, 0.717) is 32.1 Å². The number of phosphoric ester groups is 2. The third-order valence-corrected chi connectivity index (χ3v) is 18.4. The molecule has 3 N–H and O–H groups in total. The standard InChI is InChI=1S/C91H146O17P2/c1-5-9-13-17-21-25-29-33-37-40-42-45-49-52-56-60-64-68-72-76-89(94)102-82-87(108-91(96)78-74-70-66-62-58-54-50-46-43-41-38-34-30-26-22-18-14-10-6-2)84-106-110(99,100)104-80-85(92)79-103-109(97,98)105-83-86(107-90(95)77-73-69-65-61-57-53-47-36-32-28-24-20-16-12-8-4)81-101-88(93)75-71-67-63-59-55-51-48-44-39-35-31-27-23-19-15-11-7-3/h9-16,21-28,33-39,42-43,45-47,52,56-57,61,85-87,92H,5-8,17-20,29-32,40-41,44,48-51,53-55,58-60,62-84H2,1-4H3,(H,97,98)(H,99,100)/b13-9-,14-10-,15-11-,16-12-,25-21-,26-22-,27-23-,28-24-,37-33-,38-34-,39-35-,45-42-,46-43-,47-36-,56-52-,61-57-. The van der Waals surface area contributed by atoms with Gasteiger partial charge in [0.15, 0.2) is 12.2 Å². The Hall–Kier alpha value is -6.10. The minimum Gasteiger partial charge on any atom is -0.462 e. The first kappa shape index (κ1) is 104. The van der Waals surface area contributed by atoms with E-state index in [1.165, 1.54) is 0 Å². The zero-order chi connectivity index (χ0) is 80.3. The van der Waals surface area contributed by atoms with Gasteiger partial charge in [-0.1, -0.05) is 286 Å². The summed E-state index contributed by atoms with van der Waals surface area (Å²) in [6.45, 7) is 4.30. The van der Waals surface area contributed by atoms with Crippen LogP contribution in [0.15, 0.2) is 194 Å². The van der Waals surface area contributed by atoms with E-state index >= 15 is 0 Å². The molecule has 0 fully saturated rings. The maximum atomic E-state index is 13.1. The molecule has 0 heterocycles. The predicted octanol–water partition coefficient (Wildman–Crippen LogP) is 24.9. The first-order chi connectivity index (χ1) is 53.7. The molecule has 0 radical (unpaired) electrons. The molecule has 0 aromatic rings. The largest absolute Gasteiger partial charge is 0.472 e. The zero-order valence-corrected chi connectivity index (χ0v) is 69.9. The number of rotatable bonds is 76. The number of aliphatic hydroxyl groups excluding tert-OH is 1. The smallest absolute Gasteiger partial charge is 0.462 e. The van der Waals surface area contributed by atoms with Crippen LogP contribution in [0.3, 0.4) is 0 Å². The highest BCUT2D eigenvalue weighted by Crippen LogP contribution is 2.45. The van der Waals surface area contributed by atoms with E-state index in [4.69, 9.17) is 37.0 Å². The number of allylic oxidation sites excluding steroid dienone is 32. The van der Waals surface area contributed by atoms with E-state index in [2.05, 4.69) is 222 Å². The number of ether oxygens (including phenoxy) is 4. The third kappa shape index (κ3) is 80.0. The van der Waals surface area contributed by atoms with Gasteiger partial charge in [-0.25, -0.2) is 9.13 Å². The van der Waals surface area contributed by atoms with Crippen molar-refractivity contribution in [3.8, 4) is 0 Å². The number of aliphatic hydroxyl groups is 1. The second-order valence-corrected chi connectivity index (χ2v) is 29.8. The molecule has 0 aliphatic carbocycles. The Morgan fingerprint density at radius 2 is 0.445 bits per heavy atom. The molecule has 0 bridgehead atoms. The summed E-state index contributed by atoms with van der Waals surface area (Å²) < 4.78 is 68.7. The van der Waals surface area contributed by atoms with Gasteiger partial charge in [0, 0.05) is 25.7 Å². The average Bonchev–Trinajstić information content (AvgIpc) is 0.900. The Balaban J connectivity index is 5.49. The highest BCUT2D eigenvalue weighted by Gasteiger charge is 2.30. The Bertz CT molecular complexity index is 2850. The van der Waals surface area contributed by atoms with Gasteiger partial charge in [-0.05, 0) is 180 Å². The number of hydrogen-bond donors (Lipinski definition) is 3. The first-order valence-electron chi connectivity index (χ1n) is 41.7. The molecule has 622 valence electrons. The fourth-order valence-electron chi connectivity index (χ4n) is 10.4. The molecule has 0 aromatic heterocycles. The van der Waals surface area contributed by atoms with Crippen LogP contribution >= 0.6 is 15.6 Å². The highest BCUT2D eigenvalue weighted by atomic mass is 31.2. The van der Waals surface area contributed by atoms with Crippen molar-refractivity contribution in [2.24, 2.45) is 0 Å². The minimum absolute atomic E-state index is 0.0325. The van der Waals surface area contributed by atoms with Gasteiger partial charge in [-0.2, -0.15) is 0 Å². The second kappa shape index (κ2) is 80.9. The van der Waals surface area contributed by atoms with Gasteiger partial charge in [0.05, 0.1) is 26.4 Å². The number of hydrogen-bond acceptors (Lipinski definition) is 15. The molecule has 0 spiro atoms. The van der Waals surface area contributed by atoms with Gasteiger partial charge in [0.1, 0.15) is 19.3 Å². The van der Waals surface area contributed by atoms with Gasteiger partial charge in [-0.3, -0.25) is 37.3 Å². The lowest BCUT2D eigenvalue weighted by molar-refractivity contribution is -0.161. The van der Waals surface area contributed by atoms with Gasteiger partial charge >= 0.3 is 39.5 Å². The third-order valence-electron chi connectivity index (χ3n) is 16.5. The van der Waals surface area contributed by atoms with E-state index < -0.39 is 97.5 Å². The zero-order valence-electron chi connectivity index (χ0n) is 68.1. The van der Waals surface area contributed by atoms with Gasteiger partial charge in [0.2, 0.25) is 0 Å². The number of carbonyl (C=O) groups is 4. The molecule has 0 aliphatic rings. The minimum atomic E-state index is -5.01. The summed E-state index contributed by atoms with van der Waals surface area (Å²) in [6, 6.07) is 0. The summed E-state index contributed by atoms with van der Waals surface area (Å²) in [4.78, 5) is 73.2. The summed E-state index contributed by atoms with van der Waals surface area (Å²) in [5.74, 6) is -2.30. The van der Waals surface area contributed by atoms with E-state index in [1.54, 1.807) is 0 Å². The van der Waals surface area contributed by atoms with E-state index in [0.717, 1.165) is 212 Å². The molecule has 0 amide bonds. The number of phosphoric acid groups is 2. The van der Waals surface area contributed by atoms with Gasteiger partial charge in [-0.15, -0.1) is 0 Å². The molecule has 5 unspecified atom stereocenters. The predicted molar refractivity (Wildman–Crippen MR) is 454 cm³/mol. The van der Waals surface area contributed by atoms with Crippen LogP contribution in [0.4, 0.5) is 0 Å². The molecule has 0 aliphatic heterocycles. The van der Waals surface area contributed by atoms with E-state index in [9.17, 15) is 43.2 Å². The molecule has 0 saturated carbocycles. The molecule has 0 saturated heterocycles. The van der Waals surface area contributed by atoms with Gasteiger partial charge in [0.25, 0.3) is 0 Å². The topological polar surface area (TPSA) is 237 Å². The summed E-state index contributed by atoms with van der Waals surface area (Å²) in [5, 5.41) is 10.7. The lowest BCUT2D eigenvalue weighted by Crippen LogP contribution is -2.30. The summed E-state index contributed by atoms with van der Waals surface area (Å²) in [6.07, 6.45) is 99.7. The van der Waals surface area contributed by atoms with Crippen molar-refractivity contribution < 1.29 is 80.2 Å². The van der Waals surface area contributed by atoms with E-state index in [1.807, 2.05) is 0 Å². The molecule has 0 rings (SSSR count). The van der Waals surface area contributed by atoms with Crippen molar-refractivity contribution in [3.63, 3.8) is 0 Å². The van der Waals surface area contributed by atoms with Crippen LogP contribution in [0.25, 0.3) is 0 Å². The van der Waals surface area contributed by atoms with Crippen molar-refractivity contribution in [1.82, 2.24) is 0 Å². The van der Waals surface area contributed by atoms with Crippen LogP contribution in [-0.4, -0.2) is 96.7 Å². The van der Waals surface area contributed by atoms with Crippen LogP contribution in [-0.2, 0) is 65.4 Å². The lowest BCUT2D eigenvalue weighted by Gasteiger charge is -2.21. The first-order valence-corrected chi connectivity index (χ1v) is 44.7. The van der Waals surface area contributed by atoms with Crippen LogP contribution in [0, 0.1) is 0 Å². The van der Waals surface area contributed by atoms with Crippen LogP contribution in [0.1, 0.15) is 297 Å². The van der Waals surface area contributed by atoms with Crippen molar-refractivity contribution in [2.45, 2.75) is 316 Å². The Morgan fingerprint density at radius 3 is 0.709 bits per heavy atom. The average molecular weight is 1570 g/mol. The normalized spacial score (nSPS) is 14.8. The molecule has 0 aromatic carbocycles. The SMILES string of the molecule is CC/C=C\C/C=C\C/C=C\C/C=C\C/C=C\CCCCCC(=O)OCC(COP(=O)(O)OCC(O)COP(=O)(O)OCC(COC(=O)CCCCCCCCC/C=C\C/C=C\C/C=C\CC)OC(=O)CCCC/C=C\C/C=C\C/C=C\C/C=C\CC)OC(=O)CCCCCCCC/C=C\C/C=C\C/C=C\C/C=C\CC. The number of carbonyl (C=O) groups excluding carboxylic acids is 4. The molecule has 110 heavy (non-hydrogen) atoms. The summed E-state index contributed by atoms with van der Waals surface area (Å²) in [7, 11) is -10.0. The van der Waals surface area contributed by atoms with Crippen molar-refractivity contribution in [3.05, 3.63) is 194 Å². The number of esters is 4. The Morgan fingerprint density at radius 1 is 0.255 bits per heavy atom. The quantitative estimate of drug-likeness (QED) is 0.0169. The van der Waals surface area contributed by atoms with Crippen molar-refractivity contribution in [2.75, 3.05) is 39.6 Å². The maximum Gasteiger partial charge on any atom is 0.472 e. The van der Waals surface area contributed by atoms with Crippen LogP contribution in [0.2, 0.25) is 0 Å². The van der Waals surface area contributed by atoms with Crippen molar-refractivity contribution in [1.29, 1.82) is 0 Å². The van der Waals surface area contributed by atoms with Gasteiger partial charge < -0.3 is 33.8 Å². The molecular weight excluding hydrogens is 1430 g/mol. The maximum absolute atomic E-state index is 13.1.